The maximum atomic E-state index is 12.0. The van der Waals surface area contributed by atoms with E-state index in [9.17, 15) is 4.79 Å². The first-order valence-electron chi connectivity index (χ1n) is 7.99. The van der Waals surface area contributed by atoms with Crippen molar-refractivity contribution in [3.63, 3.8) is 0 Å². The van der Waals surface area contributed by atoms with Crippen LogP contribution in [0.2, 0.25) is 0 Å². The molecule has 0 aromatic rings. The second kappa shape index (κ2) is 7.85. The molecule has 1 amide bonds. The Morgan fingerprint density at radius 2 is 2.05 bits per heavy atom. The average Bonchev–Trinajstić information content (AvgIpc) is 2.97. The van der Waals surface area contributed by atoms with Crippen molar-refractivity contribution in [1.82, 2.24) is 10.6 Å². The van der Waals surface area contributed by atoms with Crippen molar-refractivity contribution in [3.8, 4) is 0 Å². The Balaban J connectivity index is 1.69. The molecule has 4 heteroatoms. The van der Waals surface area contributed by atoms with E-state index in [2.05, 4.69) is 10.6 Å². The fourth-order valence-electron chi connectivity index (χ4n) is 3.48. The van der Waals surface area contributed by atoms with Gasteiger partial charge in [0.25, 0.3) is 0 Å². The number of carbonyl (C=O) groups is 1. The van der Waals surface area contributed by atoms with Crippen LogP contribution in [0.3, 0.4) is 0 Å². The molecule has 0 spiro atoms. The average molecular weight is 267 g/mol. The van der Waals surface area contributed by atoms with Crippen LogP contribution in [0.25, 0.3) is 0 Å². The van der Waals surface area contributed by atoms with Crippen molar-refractivity contribution in [2.45, 2.75) is 57.4 Å². The first kappa shape index (κ1) is 14.8. The lowest BCUT2D eigenvalue weighted by Gasteiger charge is -2.30. The number of nitrogens with one attached hydrogen (secondary N) is 2. The third-order valence-corrected chi connectivity index (χ3v) is 4.76. The zero-order valence-corrected chi connectivity index (χ0v) is 12.0. The van der Waals surface area contributed by atoms with Crippen molar-refractivity contribution < 1.29 is 4.79 Å². The predicted molar refractivity (Wildman–Crippen MR) is 77.8 cm³/mol. The highest BCUT2D eigenvalue weighted by Crippen LogP contribution is 2.26. The van der Waals surface area contributed by atoms with E-state index in [4.69, 9.17) is 5.73 Å². The Bertz CT molecular complexity index is 271. The Kier molecular flexibility index (Phi) is 6.11. The number of amides is 1. The first-order chi connectivity index (χ1) is 9.29. The summed E-state index contributed by atoms with van der Waals surface area (Å²) in [6, 6.07) is 0.203. The molecule has 1 saturated carbocycles. The molecule has 0 bridgehead atoms. The SMILES string of the molecule is NCC(NC(=O)CCC1CCNC1)C1CCCCC1. The van der Waals surface area contributed by atoms with Crippen molar-refractivity contribution in [1.29, 1.82) is 0 Å². The largest absolute Gasteiger partial charge is 0.352 e. The first-order valence-corrected chi connectivity index (χ1v) is 7.99. The molecule has 19 heavy (non-hydrogen) atoms. The molecule has 1 heterocycles. The fourth-order valence-corrected chi connectivity index (χ4v) is 3.48. The standard InChI is InChI=1S/C15H29N3O/c16-10-14(13-4-2-1-3-5-13)18-15(19)7-6-12-8-9-17-11-12/h12-14,17H,1-11,16H2,(H,18,19). The van der Waals surface area contributed by atoms with E-state index in [1.807, 2.05) is 0 Å². The third kappa shape index (κ3) is 4.77. The molecule has 110 valence electrons. The molecule has 0 aromatic carbocycles. The second-order valence-electron chi connectivity index (χ2n) is 6.21. The number of rotatable bonds is 6. The molecule has 4 nitrogen and oxygen atoms in total. The van der Waals surface area contributed by atoms with E-state index in [-0.39, 0.29) is 11.9 Å². The highest BCUT2D eigenvalue weighted by molar-refractivity contribution is 5.76. The van der Waals surface area contributed by atoms with Crippen molar-refractivity contribution in [2.75, 3.05) is 19.6 Å². The molecule has 1 saturated heterocycles. The fraction of sp³-hybridized carbons (Fsp3) is 0.933. The molecule has 2 atom stereocenters. The lowest BCUT2D eigenvalue weighted by Crippen LogP contribution is -2.45. The highest BCUT2D eigenvalue weighted by Gasteiger charge is 2.24. The molecule has 4 N–H and O–H groups in total. The maximum absolute atomic E-state index is 12.0. The summed E-state index contributed by atoms with van der Waals surface area (Å²) in [7, 11) is 0. The van der Waals surface area contributed by atoms with Crippen LogP contribution in [-0.4, -0.2) is 31.6 Å². The van der Waals surface area contributed by atoms with Crippen molar-refractivity contribution in [3.05, 3.63) is 0 Å². The topological polar surface area (TPSA) is 67.1 Å². The summed E-state index contributed by atoms with van der Waals surface area (Å²) in [5.74, 6) is 1.50. The Morgan fingerprint density at radius 3 is 2.68 bits per heavy atom. The summed E-state index contributed by atoms with van der Waals surface area (Å²) < 4.78 is 0. The zero-order chi connectivity index (χ0) is 13.5. The van der Waals surface area contributed by atoms with Gasteiger partial charge in [0.2, 0.25) is 5.91 Å². The van der Waals surface area contributed by atoms with Gasteiger partial charge in [-0.25, -0.2) is 0 Å². The minimum absolute atomic E-state index is 0.202. The monoisotopic (exact) mass is 267 g/mol. The number of carbonyl (C=O) groups excluding carboxylic acids is 1. The van der Waals surface area contributed by atoms with Gasteiger partial charge in [0.05, 0.1) is 0 Å². The van der Waals surface area contributed by atoms with Crippen LogP contribution in [0.4, 0.5) is 0 Å². The summed E-state index contributed by atoms with van der Waals surface area (Å²) in [6.45, 7) is 2.78. The van der Waals surface area contributed by atoms with Crippen LogP contribution in [0.5, 0.6) is 0 Å². The minimum Gasteiger partial charge on any atom is -0.352 e. The van der Waals surface area contributed by atoms with Gasteiger partial charge in [0.1, 0.15) is 0 Å². The Hall–Kier alpha value is -0.610. The van der Waals surface area contributed by atoms with Gasteiger partial charge in [-0.05, 0) is 50.6 Å². The summed E-state index contributed by atoms with van der Waals surface area (Å²) in [6.07, 6.45) is 9.29. The summed E-state index contributed by atoms with van der Waals surface area (Å²) >= 11 is 0. The molecule has 2 fully saturated rings. The predicted octanol–water partition coefficient (Wildman–Crippen LogP) is 1.40. The van der Waals surface area contributed by atoms with E-state index < -0.39 is 0 Å². The van der Waals surface area contributed by atoms with Gasteiger partial charge in [-0.15, -0.1) is 0 Å². The lowest BCUT2D eigenvalue weighted by atomic mass is 9.84. The minimum atomic E-state index is 0.202. The summed E-state index contributed by atoms with van der Waals surface area (Å²) in [5, 5.41) is 6.52. The van der Waals surface area contributed by atoms with Crippen LogP contribution in [0.1, 0.15) is 51.4 Å². The summed E-state index contributed by atoms with van der Waals surface area (Å²) in [4.78, 5) is 12.0. The molecule has 2 rings (SSSR count). The van der Waals surface area contributed by atoms with E-state index in [0.717, 1.165) is 19.5 Å². The zero-order valence-electron chi connectivity index (χ0n) is 12.0. The second-order valence-corrected chi connectivity index (χ2v) is 6.21. The van der Waals surface area contributed by atoms with Crippen LogP contribution in [-0.2, 0) is 4.79 Å². The van der Waals surface area contributed by atoms with E-state index >= 15 is 0 Å². The number of nitrogens with two attached hydrogens (primary N) is 1. The Morgan fingerprint density at radius 1 is 1.26 bits per heavy atom. The van der Waals surface area contributed by atoms with Gasteiger partial charge in [-0.1, -0.05) is 19.3 Å². The quantitative estimate of drug-likeness (QED) is 0.681. The van der Waals surface area contributed by atoms with E-state index in [1.165, 1.54) is 38.5 Å². The van der Waals surface area contributed by atoms with Gasteiger partial charge in [-0.3, -0.25) is 4.79 Å². The number of hydrogen-bond acceptors (Lipinski definition) is 3. The smallest absolute Gasteiger partial charge is 0.220 e. The highest BCUT2D eigenvalue weighted by atomic mass is 16.1. The Labute approximate surface area is 116 Å². The van der Waals surface area contributed by atoms with Gasteiger partial charge in [-0.2, -0.15) is 0 Å². The van der Waals surface area contributed by atoms with Gasteiger partial charge in [0.15, 0.2) is 0 Å². The van der Waals surface area contributed by atoms with E-state index in [0.29, 0.717) is 24.8 Å². The molecule has 0 aromatic heterocycles. The van der Waals surface area contributed by atoms with Crippen molar-refractivity contribution >= 4 is 5.91 Å². The van der Waals surface area contributed by atoms with Crippen LogP contribution < -0.4 is 16.4 Å². The number of hydrogen-bond donors (Lipinski definition) is 3. The van der Waals surface area contributed by atoms with Gasteiger partial charge in [0, 0.05) is 19.0 Å². The molecule has 2 unspecified atom stereocenters. The molecular formula is C15H29N3O. The molecular weight excluding hydrogens is 238 g/mol. The van der Waals surface area contributed by atoms with Crippen molar-refractivity contribution in [2.24, 2.45) is 17.6 Å². The van der Waals surface area contributed by atoms with Gasteiger partial charge >= 0.3 is 0 Å². The molecule has 1 aliphatic heterocycles. The molecule has 1 aliphatic carbocycles. The van der Waals surface area contributed by atoms with Crippen LogP contribution in [0.15, 0.2) is 0 Å². The van der Waals surface area contributed by atoms with Gasteiger partial charge < -0.3 is 16.4 Å². The molecule has 0 radical (unpaired) electrons. The lowest BCUT2D eigenvalue weighted by molar-refractivity contribution is -0.122. The van der Waals surface area contributed by atoms with Crippen LogP contribution in [0, 0.1) is 11.8 Å². The normalized spacial score (nSPS) is 26.3. The van der Waals surface area contributed by atoms with E-state index in [1.54, 1.807) is 0 Å². The van der Waals surface area contributed by atoms with Crippen LogP contribution >= 0.6 is 0 Å². The molecule has 2 aliphatic rings. The summed E-state index contributed by atoms with van der Waals surface area (Å²) in [5.41, 5.74) is 5.85. The third-order valence-electron chi connectivity index (χ3n) is 4.76. The maximum Gasteiger partial charge on any atom is 0.220 e.